The molecule has 5 nitrogen and oxygen atoms in total. The molecule has 0 amide bonds. The number of furan rings is 1. The second kappa shape index (κ2) is 8.08. The Kier molecular flexibility index (Phi) is 5.59. The summed E-state index contributed by atoms with van der Waals surface area (Å²) in [5.41, 5.74) is 1.09. The van der Waals surface area contributed by atoms with Crippen molar-refractivity contribution in [2.24, 2.45) is 0 Å². The minimum atomic E-state index is 0.813. The van der Waals surface area contributed by atoms with Crippen LogP contribution in [0.1, 0.15) is 11.5 Å². The van der Waals surface area contributed by atoms with Crippen LogP contribution in [0.5, 0.6) is 0 Å². The van der Waals surface area contributed by atoms with E-state index in [1.807, 2.05) is 30.5 Å². The molecule has 0 spiro atoms. The third-order valence-corrected chi connectivity index (χ3v) is 3.91. The molecular weight excluding hydrogens is 278 g/mol. The highest BCUT2D eigenvalue weighted by Crippen LogP contribution is 2.09. The molecule has 3 heterocycles. The molecule has 1 aliphatic rings. The zero-order valence-electron chi connectivity index (χ0n) is 12.9. The predicted molar refractivity (Wildman–Crippen MR) is 84.3 cm³/mol. The van der Waals surface area contributed by atoms with Crippen LogP contribution in [0.15, 0.2) is 47.2 Å². The number of pyridine rings is 1. The fraction of sp³-hybridized carbons (Fsp3) is 0.471. The average Bonchev–Trinajstić information content (AvgIpc) is 3.08. The summed E-state index contributed by atoms with van der Waals surface area (Å²) in [5.74, 6) is 0.998. The fourth-order valence-corrected chi connectivity index (χ4v) is 2.67. The lowest BCUT2D eigenvalue weighted by molar-refractivity contribution is 0.0320. The monoisotopic (exact) mass is 301 g/mol. The van der Waals surface area contributed by atoms with Crippen LogP contribution in [0, 0.1) is 0 Å². The Morgan fingerprint density at radius 1 is 1.09 bits per heavy atom. The molecule has 1 saturated heterocycles. The largest absolute Gasteiger partial charge is 0.468 e. The summed E-state index contributed by atoms with van der Waals surface area (Å²) in [6, 6.07) is 10.0. The van der Waals surface area contributed by atoms with Crippen molar-refractivity contribution in [2.45, 2.75) is 13.1 Å². The molecule has 3 rings (SSSR count). The van der Waals surface area contributed by atoms with Crippen molar-refractivity contribution in [1.82, 2.24) is 14.8 Å². The van der Waals surface area contributed by atoms with Crippen LogP contribution in [-0.4, -0.2) is 54.2 Å². The van der Waals surface area contributed by atoms with Gasteiger partial charge in [-0.05, 0) is 24.3 Å². The van der Waals surface area contributed by atoms with E-state index < -0.39 is 0 Å². The zero-order valence-corrected chi connectivity index (χ0v) is 12.9. The molecule has 0 atom stereocenters. The molecule has 2 aromatic rings. The Morgan fingerprint density at radius 2 is 2.00 bits per heavy atom. The van der Waals surface area contributed by atoms with Crippen LogP contribution in [0.25, 0.3) is 0 Å². The summed E-state index contributed by atoms with van der Waals surface area (Å²) in [4.78, 5) is 9.28. The minimum Gasteiger partial charge on any atom is -0.468 e. The zero-order chi connectivity index (χ0) is 15.0. The van der Waals surface area contributed by atoms with E-state index in [9.17, 15) is 0 Å². The van der Waals surface area contributed by atoms with Crippen LogP contribution in [-0.2, 0) is 17.8 Å². The Hall–Kier alpha value is -1.69. The number of nitrogens with zero attached hydrogens (tertiary/aromatic N) is 3. The number of morpholine rings is 1. The van der Waals surface area contributed by atoms with Crippen LogP contribution < -0.4 is 0 Å². The SMILES string of the molecule is c1ccc(CN(CCN2CCOCC2)Cc2ccco2)nc1. The Morgan fingerprint density at radius 3 is 2.73 bits per heavy atom. The number of hydrogen-bond donors (Lipinski definition) is 0. The molecule has 0 bridgehead atoms. The summed E-state index contributed by atoms with van der Waals surface area (Å²) < 4.78 is 10.9. The topological polar surface area (TPSA) is 41.7 Å². The van der Waals surface area contributed by atoms with E-state index in [-0.39, 0.29) is 0 Å². The lowest BCUT2D eigenvalue weighted by Crippen LogP contribution is -2.41. The molecular formula is C17H23N3O2. The highest BCUT2D eigenvalue weighted by molar-refractivity contribution is 5.04. The molecule has 5 heteroatoms. The number of ether oxygens (including phenoxy) is 1. The van der Waals surface area contributed by atoms with Gasteiger partial charge in [-0.25, -0.2) is 0 Å². The first-order valence-electron chi connectivity index (χ1n) is 7.85. The third-order valence-electron chi connectivity index (χ3n) is 3.91. The van der Waals surface area contributed by atoms with Gasteiger partial charge in [0.25, 0.3) is 0 Å². The normalized spacial score (nSPS) is 16.2. The molecule has 0 aromatic carbocycles. The Labute approximate surface area is 131 Å². The minimum absolute atomic E-state index is 0.813. The van der Waals surface area contributed by atoms with E-state index in [1.165, 1.54) is 0 Å². The van der Waals surface area contributed by atoms with E-state index in [0.717, 1.165) is 63.9 Å². The summed E-state index contributed by atoms with van der Waals surface area (Å²) in [5, 5.41) is 0. The third kappa shape index (κ3) is 4.66. The maximum absolute atomic E-state index is 5.50. The van der Waals surface area contributed by atoms with E-state index >= 15 is 0 Å². The molecule has 0 unspecified atom stereocenters. The highest BCUT2D eigenvalue weighted by atomic mass is 16.5. The van der Waals surface area contributed by atoms with Crippen molar-refractivity contribution in [1.29, 1.82) is 0 Å². The Balaban J connectivity index is 1.57. The first kappa shape index (κ1) is 15.2. The second-order valence-electron chi connectivity index (χ2n) is 5.57. The maximum Gasteiger partial charge on any atom is 0.117 e. The lowest BCUT2D eigenvalue weighted by Gasteiger charge is -2.29. The van der Waals surface area contributed by atoms with Crippen molar-refractivity contribution < 1.29 is 9.15 Å². The smallest absolute Gasteiger partial charge is 0.117 e. The molecule has 1 fully saturated rings. The number of aromatic nitrogens is 1. The van der Waals surface area contributed by atoms with Crippen molar-refractivity contribution in [2.75, 3.05) is 39.4 Å². The van der Waals surface area contributed by atoms with Crippen LogP contribution >= 0.6 is 0 Å². The van der Waals surface area contributed by atoms with Gasteiger partial charge in [0.15, 0.2) is 0 Å². The van der Waals surface area contributed by atoms with E-state index in [1.54, 1.807) is 6.26 Å². The van der Waals surface area contributed by atoms with Gasteiger partial charge in [0, 0.05) is 38.9 Å². The van der Waals surface area contributed by atoms with Gasteiger partial charge in [-0.1, -0.05) is 6.07 Å². The van der Waals surface area contributed by atoms with Crippen molar-refractivity contribution in [3.05, 3.63) is 54.2 Å². The first-order chi connectivity index (χ1) is 10.9. The molecule has 1 aliphatic heterocycles. The van der Waals surface area contributed by atoms with E-state index in [0.29, 0.717) is 0 Å². The predicted octanol–water partition coefficient (Wildman–Crippen LogP) is 2.01. The van der Waals surface area contributed by atoms with Gasteiger partial charge in [-0.2, -0.15) is 0 Å². The molecule has 118 valence electrons. The lowest BCUT2D eigenvalue weighted by atomic mass is 10.3. The van der Waals surface area contributed by atoms with Gasteiger partial charge in [0.05, 0.1) is 31.7 Å². The molecule has 2 aromatic heterocycles. The molecule has 22 heavy (non-hydrogen) atoms. The molecule has 0 radical (unpaired) electrons. The number of rotatable bonds is 7. The fourth-order valence-electron chi connectivity index (χ4n) is 2.67. The molecule has 0 aliphatic carbocycles. The quantitative estimate of drug-likeness (QED) is 0.782. The second-order valence-corrected chi connectivity index (χ2v) is 5.57. The Bertz CT molecular complexity index is 524. The summed E-state index contributed by atoms with van der Waals surface area (Å²) in [6.45, 7) is 7.45. The molecule has 0 saturated carbocycles. The van der Waals surface area contributed by atoms with E-state index in [2.05, 4.69) is 20.9 Å². The van der Waals surface area contributed by atoms with Crippen LogP contribution in [0.2, 0.25) is 0 Å². The maximum atomic E-state index is 5.50. The summed E-state index contributed by atoms with van der Waals surface area (Å²) in [6.07, 6.45) is 3.58. The summed E-state index contributed by atoms with van der Waals surface area (Å²) >= 11 is 0. The summed E-state index contributed by atoms with van der Waals surface area (Å²) in [7, 11) is 0. The number of hydrogen-bond acceptors (Lipinski definition) is 5. The van der Waals surface area contributed by atoms with Gasteiger partial charge in [-0.3, -0.25) is 14.8 Å². The van der Waals surface area contributed by atoms with Crippen molar-refractivity contribution in [3.8, 4) is 0 Å². The van der Waals surface area contributed by atoms with Crippen LogP contribution in [0.4, 0.5) is 0 Å². The van der Waals surface area contributed by atoms with Crippen molar-refractivity contribution >= 4 is 0 Å². The van der Waals surface area contributed by atoms with Gasteiger partial charge in [-0.15, -0.1) is 0 Å². The van der Waals surface area contributed by atoms with Gasteiger partial charge >= 0.3 is 0 Å². The average molecular weight is 301 g/mol. The van der Waals surface area contributed by atoms with Gasteiger partial charge in [0.2, 0.25) is 0 Å². The first-order valence-corrected chi connectivity index (χ1v) is 7.85. The van der Waals surface area contributed by atoms with Gasteiger partial charge in [0.1, 0.15) is 5.76 Å². The van der Waals surface area contributed by atoms with Gasteiger partial charge < -0.3 is 9.15 Å². The molecule has 0 N–H and O–H groups in total. The highest BCUT2D eigenvalue weighted by Gasteiger charge is 2.14. The standard InChI is InChI=1S/C17H23N3O2/c1-2-6-18-16(4-1)14-20(15-17-5-3-11-22-17)8-7-19-9-12-21-13-10-19/h1-6,11H,7-10,12-15H2. The van der Waals surface area contributed by atoms with Crippen LogP contribution in [0.3, 0.4) is 0 Å². The van der Waals surface area contributed by atoms with E-state index in [4.69, 9.17) is 9.15 Å². The van der Waals surface area contributed by atoms with Crippen molar-refractivity contribution in [3.63, 3.8) is 0 Å².